The summed E-state index contributed by atoms with van der Waals surface area (Å²) in [6.45, 7) is 4.22. The monoisotopic (exact) mass is 272 g/mol. The van der Waals surface area contributed by atoms with E-state index in [0.717, 1.165) is 38.8 Å². The molecule has 1 fully saturated rings. The summed E-state index contributed by atoms with van der Waals surface area (Å²) in [5.41, 5.74) is 2.78. The number of carbonyl (C=O) groups excluding carboxylic acids is 1. The third-order valence-electron chi connectivity index (χ3n) is 4.87. The van der Waals surface area contributed by atoms with Crippen LogP contribution in [0.3, 0.4) is 0 Å². The molecule has 108 valence electrons. The molecule has 1 aliphatic heterocycles. The zero-order valence-corrected chi connectivity index (χ0v) is 12.2. The molecule has 3 unspecified atom stereocenters. The molecule has 1 aromatic carbocycles. The van der Waals surface area contributed by atoms with Gasteiger partial charge in [0.15, 0.2) is 0 Å². The van der Waals surface area contributed by atoms with Crippen molar-refractivity contribution in [2.75, 3.05) is 13.1 Å². The van der Waals surface area contributed by atoms with Gasteiger partial charge < -0.3 is 10.6 Å². The Morgan fingerprint density at radius 1 is 1.25 bits per heavy atom. The largest absolute Gasteiger partial charge is 0.352 e. The lowest BCUT2D eigenvalue weighted by atomic mass is 9.83. The summed E-state index contributed by atoms with van der Waals surface area (Å²) >= 11 is 0. The first-order chi connectivity index (χ1) is 9.74. The van der Waals surface area contributed by atoms with Crippen molar-refractivity contribution >= 4 is 5.91 Å². The molecule has 1 aliphatic carbocycles. The number of hydrogen-bond acceptors (Lipinski definition) is 2. The van der Waals surface area contributed by atoms with Crippen molar-refractivity contribution in [1.29, 1.82) is 0 Å². The molecule has 2 aliphatic rings. The van der Waals surface area contributed by atoms with Gasteiger partial charge in [0, 0.05) is 18.5 Å². The molecule has 0 bridgehead atoms. The lowest BCUT2D eigenvalue weighted by Crippen LogP contribution is -2.52. The van der Waals surface area contributed by atoms with Crippen molar-refractivity contribution in [1.82, 2.24) is 10.6 Å². The van der Waals surface area contributed by atoms with Gasteiger partial charge in [-0.2, -0.15) is 0 Å². The van der Waals surface area contributed by atoms with E-state index >= 15 is 0 Å². The molecule has 20 heavy (non-hydrogen) atoms. The first-order valence-corrected chi connectivity index (χ1v) is 7.82. The Bertz CT molecular complexity index is 486. The number of hydrogen-bond donors (Lipinski definition) is 2. The number of amides is 1. The van der Waals surface area contributed by atoms with E-state index in [9.17, 15) is 4.79 Å². The Kier molecular flexibility index (Phi) is 4.06. The molecule has 3 rings (SSSR count). The number of rotatable bonds is 2. The molecule has 1 amide bonds. The fraction of sp³-hybridized carbons (Fsp3) is 0.588. The highest BCUT2D eigenvalue weighted by Gasteiger charge is 2.28. The molecule has 3 atom stereocenters. The van der Waals surface area contributed by atoms with Gasteiger partial charge in [-0.1, -0.05) is 31.2 Å². The van der Waals surface area contributed by atoms with Crippen LogP contribution >= 0.6 is 0 Å². The van der Waals surface area contributed by atoms with Gasteiger partial charge in [0.05, 0.1) is 0 Å². The molecular formula is C17H24N2O. The zero-order valence-electron chi connectivity index (χ0n) is 12.2. The van der Waals surface area contributed by atoms with Gasteiger partial charge in [-0.15, -0.1) is 0 Å². The Labute approximate surface area is 121 Å². The van der Waals surface area contributed by atoms with Crippen LogP contribution in [0.5, 0.6) is 0 Å². The maximum absolute atomic E-state index is 12.5. The number of aryl methyl sites for hydroxylation is 1. The lowest BCUT2D eigenvalue weighted by Gasteiger charge is -2.32. The van der Waals surface area contributed by atoms with E-state index in [-0.39, 0.29) is 11.8 Å². The number of nitrogens with one attached hydrogen (secondary N) is 2. The molecule has 1 aromatic rings. The maximum atomic E-state index is 12.5. The fourth-order valence-electron chi connectivity index (χ4n) is 3.41. The van der Waals surface area contributed by atoms with E-state index in [0.29, 0.717) is 12.0 Å². The maximum Gasteiger partial charge on any atom is 0.223 e. The highest BCUT2D eigenvalue weighted by atomic mass is 16.1. The molecule has 0 spiro atoms. The second kappa shape index (κ2) is 5.96. The van der Waals surface area contributed by atoms with Gasteiger partial charge in [-0.25, -0.2) is 0 Å². The van der Waals surface area contributed by atoms with Crippen molar-refractivity contribution in [3.63, 3.8) is 0 Å². The number of carbonyl (C=O) groups is 1. The molecule has 3 heteroatoms. The van der Waals surface area contributed by atoms with E-state index in [2.05, 4.69) is 41.8 Å². The van der Waals surface area contributed by atoms with Crippen LogP contribution in [0.25, 0.3) is 0 Å². The van der Waals surface area contributed by atoms with Gasteiger partial charge in [-0.05, 0) is 49.3 Å². The summed E-state index contributed by atoms with van der Waals surface area (Å²) in [5.74, 6) is 0.982. The Morgan fingerprint density at radius 2 is 2.05 bits per heavy atom. The Morgan fingerprint density at radius 3 is 2.85 bits per heavy atom. The van der Waals surface area contributed by atoms with Gasteiger partial charge >= 0.3 is 0 Å². The van der Waals surface area contributed by atoms with E-state index in [1.165, 1.54) is 11.1 Å². The minimum atomic E-state index is 0.152. The number of piperidine rings is 1. The molecule has 0 aromatic heterocycles. The second-order valence-corrected chi connectivity index (χ2v) is 6.29. The topological polar surface area (TPSA) is 41.1 Å². The van der Waals surface area contributed by atoms with E-state index in [1.54, 1.807) is 0 Å². The van der Waals surface area contributed by atoms with Crippen LogP contribution in [-0.2, 0) is 17.6 Å². The molecule has 1 heterocycles. The van der Waals surface area contributed by atoms with Crippen molar-refractivity contribution in [3.8, 4) is 0 Å². The fourth-order valence-corrected chi connectivity index (χ4v) is 3.41. The molecule has 0 radical (unpaired) electrons. The summed E-state index contributed by atoms with van der Waals surface area (Å²) in [6, 6.07) is 8.82. The van der Waals surface area contributed by atoms with Crippen LogP contribution in [0, 0.1) is 11.8 Å². The summed E-state index contributed by atoms with van der Waals surface area (Å²) < 4.78 is 0. The van der Waals surface area contributed by atoms with E-state index in [1.807, 2.05) is 0 Å². The quantitative estimate of drug-likeness (QED) is 0.863. The summed E-state index contributed by atoms with van der Waals surface area (Å²) in [7, 11) is 0. The minimum absolute atomic E-state index is 0.152. The third kappa shape index (κ3) is 2.88. The predicted octanol–water partition coefficient (Wildman–Crippen LogP) is 1.91. The standard InChI is InChI=1S/C17H24N2O/c1-12-8-9-18-11-16(12)19-17(20)15-7-6-13-4-2-3-5-14(13)10-15/h2-5,12,15-16,18H,6-11H2,1H3,(H,19,20). The van der Waals surface area contributed by atoms with Crippen LogP contribution in [0.2, 0.25) is 0 Å². The molecule has 0 saturated carbocycles. The highest BCUT2D eigenvalue weighted by molar-refractivity contribution is 5.79. The second-order valence-electron chi connectivity index (χ2n) is 6.29. The number of benzene rings is 1. The van der Waals surface area contributed by atoms with E-state index < -0.39 is 0 Å². The smallest absolute Gasteiger partial charge is 0.223 e. The zero-order chi connectivity index (χ0) is 13.9. The van der Waals surface area contributed by atoms with Crippen LogP contribution in [-0.4, -0.2) is 25.0 Å². The minimum Gasteiger partial charge on any atom is -0.352 e. The van der Waals surface area contributed by atoms with E-state index in [4.69, 9.17) is 0 Å². The normalized spacial score (nSPS) is 29.6. The van der Waals surface area contributed by atoms with Crippen molar-refractivity contribution in [2.24, 2.45) is 11.8 Å². The van der Waals surface area contributed by atoms with Gasteiger partial charge in [-0.3, -0.25) is 4.79 Å². The van der Waals surface area contributed by atoms with Crippen LogP contribution in [0.1, 0.15) is 30.9 Å². The SMILES string of the molecule is CC1CCNCC1NC(=O)C1CCc2ccccc2C1. The number of fused-ring (bicyclic) bond motifs is 1. The average Bonchev–Trinajstić information content (AvgIpc) is 2.49. The van der Waals surface area contributed by atoms with Crippen LogP contribution in [0.4, 0.5) is 0 Å². The van der Waals surface area contributed by atoms with Crippen molar-refractivity contribution in [2.45, 2.75) is 38.6 Å². The van der Waals surface area contributed by atoms with Crippen molar-refractivity contribution < 1.29 is 4.79 Å². The summed E-state index contributed by atoms with van der Waals surface area (Å²) in [5, 5.41) is 6.64. The predicted molar refractivity (Wildman–Crippen MR) is 80.5 cm³/mol. The lowest BCUT2D eigenvalue weighted by molar-refractivity contribution is -0.126. The first-order valence-electron chi connectivity index (χ1n) is 7.82. The third-order valence-corrected chi connectivity index (χ3v) is 4.87. The molecule has 3 nitrogen and oxygen atoms in total. The first kappa shape index (κ1) is 13.6. The Hall–Kier alpha value is -1.35. The van der Waals surface area contributed by atoms with Crippen molar-refractivity contribution in [3.05, 3.63) is 35.4 Å². The summed E-state index contributed by atoms with van der Waals surface area (Å²) in [6.07, 6.45) is 4.07. The van der Waals surface area contributed by atoms with Crippen LogP contribution < -0.4 is 10.6 Å². The highest BCUT2D eigenvalue weighted by Crippen LogP contribution is 2.26. The summed E-state index contributed by atoms with van der Waals surface area (Å²) in [4.78, 5) is 12.5. The van der Waals surface area contributed by atoms with Gasteiger partial charge in [0.25, 0.3) is 0 Å². The molecule has 2 N–H and O–H groups in total. The molecular weight excluding hydrogens is 248 g/mol. The van der Waals surface area contributed by atoms with Gasteiger partial charge in [0.2, 0.25) is 5.91 Å². The van der Waals surface area contributed by atoms with Crippen LogP contribution in [0.15, 0.2) is 24.3 Å². The van der Waals surface area contributed by atoms with Gasteiger partial charge in [0.1, 0.15) is 0 Å². The Balaban J connectivity index is 1.61. The average molecular weight is 272 g/mol. The molecule has 1 saturated heterocycles.